The van der Waals surface area contributed by atoms with Crippen molar-refractivity contribution < 1.29 is 13.2 Å². The zero-order chi connectivity index (χ0) is 15.5. The topological polar surface area (TPSA) is 108 Å². The smallest absolute Gasteiger partial charge is 0.243 e. The Balaban J connectivity index is 2.06. The van der Waals surface area contributed by atoms with Crippen LogP contribution in [0.4, 0.5) is 5.95 Å². The molecule has 0 saturated heterocycles. The molecule has 0 aliphatic rings. The van der Waals surface area contributed by atoms with Crippen molar-refractivity contribution in [2.75, 3.05) is 18.9 Å². The van der Waals surface area contributed by atoms with Gasteiger partial charge in [0, 0.05) is 7.05 Å². The van der Waals surface area contributed by atoms with E-state index in [1.165, 1.54) is 25.5 Å². The monoisotopic (exact) mass is 309 g/mol. The first-order valence-corrected chi connectivity index (χ1v) is 7.52. The van der Waals surface area contributed by atoms with E-state index in [4.69, 9.17) is 0 Å². The maximum absolute atomic E-state index is 12.3. The van der Waals surface area contributed by atoms with Crippen LogP contribution in [0.15, 0.2) is 35.5 Å². The van der Waals surface area contributed by atoms with Crippen molar-refractivity contribution in [1.29, 1.82) is 0 Å². The molecule has 0 radical (unpaired) electrons. The van der Waals surface area contributed by atoms with Crippen molar-refractivity contribution in [1.82, 2.24) is 19.5 Å². The average molecular weight is 309 g/mol. The lowest BCUT2D eigenvalue weighted by Crippen LogP contribution is -2.35. The van der Waals surface area contributed by atoms with E-state index in [1.54, 1.807) is 12.1 Å². The molecule has 0 aliphatic heterocycles. The Labute approximate surface area is 122 Å². The summed E-state index contributed by atoms with van der Waals surface area (Å²) in [5, 5.41) is 8.44. The van der Waals surface area contributed by atoms with E-state index in [9.17, 15) is 13.2 Å². The van der Waals surface area contributed by atoms with E-state index in [0.717, 1.165) is 9.87 Å². The van der Waals surface area contributed by atoms with Crippen LogP contribution in [0.2, 0.25) is 0 Å². The maximum Gasteiger partial charge on any atom is 0.243 e. The Morgan fingerprint density at radius 3 is 2.57 bits per heavy atom. The number of rotatable bonds is 5. The molecule has 1 aromatic heterocycles. The highest BCUT2D eigenvalue weighted by atomic mass is 32.2. The lowest BCUT2D eigenvalue weighted by atomic mass is 10.2. The number of hydrogen-bond donors (Lipinski definition) is 2. The van der Waals surface area contributed by atoms with Crippen molar-refractivity contribution in [3.63, 3.8) is 0 Å². The number of carbonyl (C=O) groups excluding carboxylic acids is 1. The van der Waals surface area contributed by atoms with Crippen LogP contribution in [-0.4, -0.2) is 47.4 Å². The van der Waals surface area contributed by atoms with Crippen molar-refractivity contribution >= 4 is 21.9 Å². The fourth-order valence-electron chi connectivity index (χ4n) is 1.61. The number of likely N-dealkylation sites (N-methyl/N-ethyl adjacent to an activating group) is 1. The highest BCUT2D eigenvalue weighted by Crippen LogP contribution is 2.14. The van der Waals surface area contributed by atoms with Gasteiger partial charge >= 0.3 is 0 Å². The van der Waals surface area contributed by atoms with Gasteiger partial charge in [-0.05, 0) is 19.1 Å². The molecule has 0 saturated carbocycles. The van der Waals surface area contributed by atoms with Gasteiger partial charge in [0.25, 0.3) is 0 Å². The number of carbonyl (C=O) groups is 1. The Bertz CT molecular complexity index is 710. The standard InChI is InChI=1S/C12H15N5O3S/c1-9-3-5-10(6-4-9)21(19,20)17(2)7-11(18)15-12-13-8-14-16-12/h3-6,8H,7H2,1-2H3,(H2,13,14,15,16,18). The number of benzene rings is 1. The van der Waals surface area contributed by atoms with Crippen LogP contribution in [0, 0.1) is 6.92 Å². The lowest BCUT2D eigenvalue weighted by molar-refractivity contribution is -0.116. The van der Waals surface area contributed by atoms with E-state index < -0.39 is 15.9 Å². The predicted octanol–water partition coefficient (Wildman–Crippen LogP) is 0.372. The number of hydrogen-bond acceptors (Lipinski definition) is 5. The molecule has 9 heteroatoms. The number of aryl methyl sites for hydroxylation is 1. The van der Waals surface area contributed by atoms with Gasteiger partial charge in [-0.1, -0.05) is 17.7 Å². The Morgan fingerprint density at radius 2 is 2.00 bits per heavy atom. The van der Waals surface area contributed by atoms with E-state index in [1.807, 2.05) is 6.92 Å². The molecule has 112 valence electrons. The van der Waals surface area contributed by atoms with Crippen molar-refractivity contribution in [3.8, 4) is 0 Å². The number of nitrogens with zero attached hydrogens (tertiary/aromatic N) is 3. The van der Waals surface area contributed by atoms with Crippen LogP contribution in [0.5, 0.6) is 0 Å². The number of anilines is 1. The third-order valence-corrected chi connectivity index (χ3v) is 4.59. The van der Waals surface area contributed by atoms with Crippen LogP contribution >= 0.6 is 0 Å². The minimum Gasteiger partial charge on any atom is -0.294 e. The summed E-state index contributed by atoms with van der Waals surface area (Å²) in [5.74, 6) is -0.342. The second kappa shape index (κ2) is 6.02. The molecule has 2 aromatic rings. The first-order chi connectivity index (χ1) is 9.89. The zero-order valence-corrected chi connectivity index (χ0v) is 12.4. The molecule has 1 amide bonds. The summed E-state index contributed by atoms with van der Waals surface area (Å²) in [6.07, 6.45) is 1.24. The summed E-state index contributed by atoms with van der Waals surface area (Å²) < 4.78 is 25.6. The summed E-state index contributed by atoms with van der Waals surface area (Å²) in [4.78, 5) is 15.6. The Morgan fingerprint density at radius 1 is 1.33 bits per heavy atom. The average Bonchev–Trinajstić information content (AvgIpc) is 2.91. The van der Waals surface area contributed by atoms with Crippen LogP contribution < -0.4 is 5.32 Å². The van der Waals surface area contributed by atoms with Crippen LogP contribution in [-0.2, 0) is 14.8 Å². The van der Waals surface area contributed by atoms with Gasteiger partial charge in [-0.3, -0.25) is 10.1 Å². The molecule has 1 aromatic carbocycles. The maximum atomic E-state index is 12.3. The van der Waals surface area contributed by atoms with Gasteiger partial charge in [0.15, 0.2) is 0 Å². The molecule has 0 unspecified atom stereocenters. The van der Waals surface area contributed by atoms with E-state index in [0.29, 0.717) is 0 Å². The molecule has 2 N–H and O–H groups in total. The number of H-pyrrole nitrogens is 1. The van der Waals surface area contributed by atoms with E-state index in [2.05, 4.69) is 20.5 Å². The molecule has 0 atom stereocenters. The Hall–Kier alpha value is -2.26. The third kappa shape index (κ3) is 3.64. The number of nitrogens with one attached hydrogen (secondary N) is 2. The van der Waals surface area contributed by atoms with Gasteiger partial charge in [0.2, 0.25) is 21.9 Å². The largest absolute Gasteiger partial charge is 0.294 e. The molecule has 0 aliphatic carbocycles. The normalized spacial score (nSPS) is 11.6. The van der Waals surface area contributed by atoms with Crippen LogP contribution in [0.1, 0.15) is 5.56 Å². The number of amides is 1. The molecular formula is C12H15N5O3S. The number of aromatic amines is 1. The molecular weight excluding hydrogens is 294 g/mol. The molecule has 0 fully saturated rings. The number of sulfonamides is 1. The number of aromatic nitrogens is 3. The third-order valence-electron chi connectivity index (χ3n) is 2.77. The summed E-state index contributed by atoms with van der Waals surface area (Å²) >= 11 is 0. The van der Waals surface area contributed by atoms with E-state index >= 15 is 0 Å². The molecule has 0 bridgehead atoms. The van der Waals surface area contributed by atoms with Gasteiger partial charge in [-0.25, -0.2) is 13.5 Å². The SMILES string of the molecule is Cc1ccc(S(=O)(=O)N(C)CC(=O)Nc2ncn[nH]2)cc1. The molecule has 1 heterocycles. The highest BCUT2D eigenvalue weighted by molar-refractivity contribution is 7.89. The summed E-state index contributed by atoms with van der Waals surface area (Å²) in [6, 6.07) is 6.43. The molecule has 21 heavy (non-hydrogen) atoms. The minimum absolute atomic E-state index is 0.142. The predicted molar refractivity (Wildman–Crippen MR) is 76.0 cm³/mol. The van der Waals surface area contributed by atoms with Crippen LogP contribution in [0.3, 0.4) is 0 Å². The fourth-order valence-corrected chi connectivity index (χ4v) is 2.74. The first-order valence-electron chi connectivity index (χ1n) is 6.08. The molecule has 2 rings (SSSR count). The van der Waals surface area contributed by atoms with Crippen molar-refractivity contribution in [2.24, 2.45) is 0 Å². The molecule has 8 nitrogen and oxygen atoms in total. The van der Waals surface area contributed by atoms with Gasteiger partial charge in [0.1, 0.15) is 6.33 Å². The second-order valence-electron chi connectivity index (χ2n) is 4.46. The van der Waals surface area contributed by atoms with Crippen molar-refractivity contribution in [3.05, 3.63) is 36.2 Å². The lowest BCUT2D eigenvalue weighted by Gasteiger charge is -2.16. The summed E-state index contributed by atoms with van der Waals surface area (Å²) in [6.45, 7) is 1.54. The second-order valence-corrected chi connectivity index (χ2v) is 6.50. The van der Waals surface area contributed by atoms with Gasteiger partial charge in [-0.2, -0.15) is 14.4 Å². The van der Waals surface area contributed by atoms with Crippen LogP contribution in [0.25, 0.3) is 0 Å². The van der Waals surface area contributed by atoms with Gasteiger partial charge < -0.3 is 0 Å². The van der Waals surface area contributed by atoms with E-state index in [-0.39, 0.29) is 17.4 Å². The highest BCUT2D eigenvalue weighted by Gasteiger charge is 2.23. The van der Waals surface area contributed by atoms with Crippen molar-refractivity contribution in [2.45, 2.75) is 11.8 Å². The van der Waals surface area contributed by atoms with Gasteiger partial charge in [0.05, 0.1) is 11.4 Å². The minimum atomic E-state index is -3.70. The molecule has 0 spiro atoms. The van der Waals surface area contributed by atoms with Gasteiger partial charge in [-0.15, -0.1) is 0 Å². The quantitative estimate of drug-likeness (QED) is 0.829. The Kier molecular flexibility index (Phi) is 4.34. The summed E-state index contributed by atoms with van der Waals surface area (Å²) in [5.41, 5.74) is 0.958. The summed E-state index contributed by atoms with van der Waals surface area (Å²) in [7, 11) is -2.36. The fraction of sp³-hybridized carbons (Fsp3) is 0.250. The first kappa shape index (κ1) is 15.1. The zero-order valence-electron chi connectivity index (χ0n) is 11.6.